The Bertz CT molecular complexity index is 1080. The molecule has 3 rings (SSSR count). The van der Waals surface area contributed by atoms with E-state index in [2.05, 4.69) is 33.0 Å². The van der Waals surface area contributed by atoms with E-state index in [1.807, 2.05) is 48.5 Å². The number of benzene rings is 3. The molecular weight excluding hydrogens is 472 g/mol. The summed E-state index contributed by atoms with van der Waals surface area (Å²) in [5.74, 6) is 1.39. The summed E-state index contributed by atoms with van der Waals surface area (Å²) >= 11 is 3.42. The van der Waals surface area contributed by atoms with E-state index in [1.165, 1.54) is 7.11 Å². The van der Waals surface area contributed by atoms with Crippen LogP contribution in [-0.2, 0) is 6.61 Å². The van der Waals surface area contributed by atoms with Crippen LogP contribution in [0.4, 0.5) is 0 Å². The van der Waals surface area contributed by atoms with Gasteiger partial charge in [-0.3, -0.25) is 4.79 Å². The van der Waals surface area contributed by atoms with E-state index in [-0.39, 0.29) is 5.91 Å². The van der Waals surface area contributed by atoms with Crippen LogP contribution in [0.2, 0.25) is 0 Å². The monoisotopic (exact) mass is 494 g/mol. The first-order chi connectivity index (χ1) is 15.6. The number of carbonyl (C=O) groups is 1. The second kappa shape index (κ2) is 11.7. The molecule has 0 spiro atoms. The molecule has 0 unspecified atom stereocenters. The lowest BCUT2D eigenvalue weighted by Gasteiger charge is -2.10. The largest absolute Gasteiger partial charge is 0.493 e. The highest BCUT2D eigenvalue weighted by Crippen LogP contribution is 2.28. The molecule has 0 aliphatic heterocycles. The number of hydrogen-bond donors (Lipinski definition) is 1. The normalized spacial score (nSPS) is 10.6. The molecule has 0 atom stereocenters. The SMILES string of the molecule is C=CCOc1ccc(C(=O)N/N=C/c2ccc(OCc3ccc(Br)cc3)cc2)cc1OC. The van der Waals surface area contributed by atoms with Crippen molar-refractivity contribution >= 4 is 28.1 Å². The highest BCUT2D eigenvalue weighted by atomic mass is 79.9. The smallest absolute Gasteiger partial charge is 0.271 e. The van der Waals surface area contributed by atoms with Crippen molar-refractivity contribution in [2.45, 2.75) is 6.61 Å². The van der Waals surface area contributed by atoms with Crippen molar-refractivity contribution in [3.63, 3.8) is 0 Å². The Hall–Kier alpha value is -3.58. The minimum atomic E-state index is -0.357. The molecule has 3 aromatic carbocycles. The van der Waals surface area contributed by atoms with Gasteiger partial charge in [0.15, 0.2) is 11.5 Å². The Morgan fingerprint density at radius 3 is 2.47 bits per heavy atom. The zero-order valence-corrected chi connectivity index (χ0v) is 19.2. The van der Waals surface area contributed by atoms with Crippen LogP contribution in [0.5, 0.6) is 17.2 Å². The van der Waals surface area contributed by atoms with E-state index in [1.54, 1.807) is 30.5 Å². The van der Waals surface area contributed by atoms with Crippen LogP contribution in [0, 0.1) is 0 Å². The van der Waals surface area contributed by atoms with Crippen LogP contribution in [-0.4, -0.2) is 25.8 Å². The maximum Gasteiger partial charge on any atom is 0.271 e. The van der Waals surface area contributed by atoms with Crippen molar-refractivity contribution < 1.29 is 19.0 Å². The average molecular weight is 495 g/mol. The van der Waals surface area contributed by atoms with Gasteiger partial charge in [0, 0.05) is 10.0 Å². The number of halogens is 1. The van der Waals surface area contributed by atoms with Gasteiger partial charge in [0.25, 0.3) is 5.91 Å². The van der Waals surface area contributed by atoms with E-state index < -0.39 is 0 Å². The number of ether oxygens (including phenoxy) is 3. The summed E-state index contributed by atoms with van der Waals surface area (Å²) in [6.07, 6.45) is 3.20. The highest BCUT2D eigenvalue weighted by Gasteiger charge is 2.10. The summed E-state index contributed by atoms with van der Waals surface area (Å²) in [6, 6.07) is 20.3. The van der Waals surface area contributed by atoms with E-state index in [9.17, 15) is 4.79 Å². The summed E-state index contributed by atoms with van der Waals surface area (Å²) in [4.78, 5) is 12.4. The second-order valence-electron chi connectivity index (χ2n) is 6.65. The number of amides is 1. The third-order valence-corrected chi connectivity index (χ3v) is 4.89. The Kier molecular flexibility index (Phi) is 8.45. The maximum atomic E-state index is 12.4. The first-order valence-corrected chi connectivity index (χ1v) is 10.6. The number of hydrogen-bond acceptors (Lipinski definition) is 5. The molecule has 0 saturated heterocycles. The van der Waals surface area contributed by atoms with E-state index in [0.717, 1.165) is 21.3 Å². The minimum Gasteiger partial charge on any atom is -0.493 e. The van der Waals surface area contributed by atoms with Crippen LogP contribution in [0.15, 0.2) is 89.0 Å². The van der Waals surface area contributed by atoms with Crippen LogP contribution in [0.3, 0.4) is 0 Å². The van der Waals surface area contributed by atoms with Crippen molar-refractivity contribution in [3.8, 4) is 17.2 Å². The van der Waals surface area contributed by atoms with Gasteiger partial charge in [0.05, 0.1) is 13.3 Å². The molecule has 0 heterocycles. The molecule has 0 fully saturated rings. The van der Waals surface area contributed by atoms with Crippen LogP contribution in [0.25, 0.3) is 0 Å². The Morgan fingerprint density at radius 1 is 1.03 bits per heavy atom. The molecule has 32 heavy (non-hydrogen) atoms. The molecule has 0 radical (unpaired) electrons. The number of nitrogens with one attached hydrogen (secondary N) is 1. The molecular formula is C25H23BrN2O4. The molecule has 164 valence electrons. The maximum absolute atomic E-state index is 12.4. The van der Waals surface area contributed by atoms with Gasteiger partial charge in [-0.1, -0.05) is 40.7 Å². The Morgan fingerprint density at radius 2 is 1.78 bits per heavy atom. The third kappa shape index (κ3) is 6.72. The fourth-order valence-electron chi connectivity index (χ4n) is 2.70. The Labute approximate surface area is 195 Å². The van der Waals surface area contributed by atoms with Crippen LogP contribution >= 0.6 is 15.9 Å². The molecule has 0 aromatic heterocycles. The van der Waals surface area contributed by atoms with Gasteiger partial charge in [-0.25, -0.2) is 5.43 Å². The quantitative estimate of drug-likeness (QED) is 0.234. The van der Waals surface area contributed by atoms with E-state index in [0.29, 0.717) is 30.3 Å². The van der Waals surface area contributed by atoms with E-state index >= 15 is 0 Å². The molecule has 0 bridgehead atoms. The zero-order chi connectivity index (χ0) is 22.8. The van der Waals surface area contributed by atoms with Gasteiger partial charge in [0.1, 0.15) is 19.0 Å². The molecule has 0 aliphatic rings. The number of methoxy groups -OCH3 is 1. The summed E-state index contributed by atoms with van der Waals surface area (Å²) in [7, 11) is 1.52. The lowest BCUT2D eigenvalue weighted by Crippen LogP contribution is -2.17. The lowest BCUT2D eigenvalue weighted by atomic mass is 10.2. The molecule has 0 aliphatic carbocycles. The first-order valence-electron chi connectivity index (χ1n) is 9.81. The summed E-state index contributed by atoms with van der Waals surface area (Å²) in [5, 5.41) is 4.02. The number of hydrazone groups is 1. The molecule has 7 heteroatoms. The zero-order valence-electron chi connectivity index (χ0n) is 17.6. The van der Waals surface area contributed by atoms with Crippen molar-refractivity contribution in [2.24, 2.45) is 5.10 Å². The summed E-state index contributed by atoms with van der Waals surface area (Å²) in [6.45, 7) is 4.44. The summed E-state index contributed by atoms with van der Waals surface area (Å²) in [5.41, 5.74) is 4.82. The van der Waals surface area contributed by atoms with Gasteiger partial charge in [-0.05, 0) is 65.7 Å². The highest BCUT2D eigenvalue weighted by molar-refractivity contribution is 9.10. The lowest BCUT2D eigenvalue weighted by molar-refractivity contribution is 0.0954. The predicted molar refractivity (Wildman–Crippen MR) is 129 cm³/mol. The topological polar surface area (TPSA) is 69.2 Å². The van der Waals surface area contributed by atoms with E-state index in [4.69, 9.17) is 14.2 Å². The molecule has 6 nitrogen and oxygen atoms in total. The van der Waals surface area contributed by atoms with Gasteiger partial charge >= 0.3 is 0 Å². The average Bonchev–Trinajstić information content (AvgIpc) is 2.83. The summed E-state index contributed by atoms with van der Waals surface area (Å²) < 4.78 is 17.6. The number of rotatable bonds is 10. The van der Waals surface area contributed by atoms with Crippen molar-refractivity contribution in [3.05, 3.63) is 101 Å². The molecule has 1 amide bonds. The molecule has 1 N–H and O–H groups in total. The van der Waals surface area contributed by atoms with Gasteiger partial charge in [-0.2, -0.15) is 5.10 Å². The van der Waals surface area contributed by atoms with Gasteiger partial charge in [-0.15, -0.1) is 0 Å². The third-order valence-electron chi connectivity index (χ3n) is 4.36. The number of nitrogens with zero attached hydrogens (tertiary/aromatic N) is 1. The second-order valence-corrected chi connectivity index (χ2v) is 7.56. The van der Waals surface area contributed by atoms with Crippen LogP contribution < -0.4 is 19.6 Å². The van der Waals surface area contributed by atoms with Gasteiger partial charge < -0.3 is 14.2 Å². The van der Waals surface area contributed by atoms with Crippen LogP contribution in [0.1, 0.15) is 21.5 Å². The Balaban J connectivity index is 1.53. The standard InChI is InChI=1S/C25H23BrN2O4/c1-3-14-31-23-13-8-20(15-24(23)30-2)25(29)28-27-16-18-6-11-22(12-7-18)32-17-19-4-9-21(26)10-5-19/h3-13,15-16H,1,14,17H2,2H3,(H,28,29)/b27-16+. The van der Waals surface area contributed by atoms with Crippen molar-refractivity contribution in [2.75, 3.05) is 13.7 Å². The minimum absolute atomic E-state index is 0.347. The fourth-order valence-corrected chi connectivity index (χ4v) is 2.97. The molecule has 0 saturated carbocycles. The predicted octanol–water partition coefficient (Wildman–Crippen LogP) is 5.37. The van der Waals surface area contributed by atoms with Crippen molar-refractivity contribution in [1.82, 2.24) is 5.43 Å². The number of carbonyl (C=O) groups excluding carboxylic acids is 1. The van der Waals surface area contributed by atoms with Gasteiger partial charge in [0.2, 0.25) is 0 Å². The fraction of sp³-hybridized carbons (Fsp3) is 0.120. The van der Waals surface area contributed by atoms with Crippen molar-refractivity contribution in [1.29, 1.82) is 0 Å². The molecule has 3 aromatic rings. The first kappa shape index (κ1) is 23.1.